The molecule has 1 aliphatic rings. The molecule has 4 aromatic heterocycles. The van der Waals surface area contributed by atoms with E-state index in [1.807, 2.05) is 22.3 Å². The first-order valence-corrected chi connectivity index (χ1v) is 11.2. The molecule has 0 radical (unpaired) electrons. The molecule has 9 heteroatoms. The van der Waals surface area contributed by atoms with Crippen LogP contribution in [0.3, 0.4) is 0 Å². The average molecular weight is 434 g/mol. The lowest BCUT2D eigenvalue weighted by Gasteiger charge is -2.32. The number of amides is 1. The van der Waals surface area contributed by atoms with Crippen molar-refractivity contribution in [3.8, 4) is 5.13 Å². The van der Waals surface area contributed by atoms with Crippen LogP contribution >= 0.6 is 11.3 Å². The lowest BCUT2D eigenvalue weighted by Crippen LogP contribution is -2.35. The van der Waals surface area contributed by atoms with E-state index in [9.17, 15) is 4.79 Å². The van der Waals surface area contributed by atoms with Crippen molar-refractivity contribution in [1.29, 1.82) is 0 Å². The van der Waals surface area contributed by atoms with Crippen LogP contribution in [0.25, 0.3) is 5.13 Å². The summed E-state index contributed by atoms with van der Waals surface area (Å²) < 4.78 is 4.11. The fraction of sp³-hybridized carbons (Fsp3) is 0.273. The molecule has 1 aliphatic heterocycles. The normalized spacial score (nSPS) is 15.2. The van der Waals surface area contributed by atoms with Crippen LogP contribution in [0, 0.1) is 0 Å². The van der Waals surface area contributed by atoms with Gasteiger partial charge in [0.05, 0.1) is 17.8 Å². The molecule has 8 nitrogen and oxygen atoms in total. The molecule has 0 atom stereocenters. The van der Waals surface area contributed by atoms with Crippen LogP contribution in [-0.2, 0) is 6.54 Å². The van der Waals surface area contributed by atoms with Gasteiger partial charge in [0.1, 0.15) is 5.82 Å². The van der Waals surface area contributed by atoms with Gasteiger partial charge in [-0.2, -0.15) is 5.10 Å². The first kappa shape index (κ1) is 19.7. The summed E-state index contributed by atoms with van der Waals surface area (Å²) >= 11 is 1.64. The maximum atomic E-state index is 12.5. The quantitative estimate of drug-likeness (QED) is 0.502. The smallest absolute Gasteiger partial charge is 0.258 e. The van der Waals surface area contributed by atoms with Gasteiger partial charge in [-0.25, -0.2) is 9.67 Å². The highest BCUT2D eigenvalue weighted by Crippen LogP contribution is 2.27. The fourth-order valence-electron chi connectivity index (χ4n) is 4.01. The molecule has 0 saturated carbocycles. The van der Waals surface area contributed by atoms with E-state index in [0.29, 0.717) is 5.56 Å². The monoisotopic (exact) mass is 433 g/mol. The zero-order chi connectivity index (χ0) is 21.0. The minimum Gasteiger partial charge on any atom is -0.307 e. The number of nitrogens with one attached hydrogen (secondary N) is 1. The number of thiazole rings is 1. The minimum absolute atomic E-state index is 0.171. The Morgan fingerprint density at radius 2 is 2.03 bits per heavy atom. The molecular weight excluding hydrogens is 410 g/mol. The molecule has 1 amide bonds. The van der Waals surface area contributed by atoms with Crippen molar-refractivity contribution in [1.82, 2.24) is 29.2 Å². The largest absolute Gasteiger partial charge is 0.307 e. The van der Waals surface area contributed by atoms with Gasteiger partial charge in [0.25, 0.3) is 5.91 Å². The second kappa shape index (κ2) is 8.83. The molecule has 1 N–H and O–H groups in total. The Kier molecular flexibility index (Phi) is 5.59. The van der Waals surface area contributed by atoms with Crippen molar-refractivity contribution in [3.63, 3.8) is 0 Å². The number of likely N-dealkylation sites (tertiary alicyclic amines) is 1. The number of hydrogen-bond donors (Lipinski definition) is 1. The highest BCUT2D eigenvalue weighted by molar-refractivity contribution is 7.12. The van der Waals surface area contributed by atoms with Crippen LogP contribution in [0.4, 0.5) is 5.82 Å². The summed E-state index contributed by atoms with van der Waals surface area (Å²) in [6, 6.07) is 9.86. The number of carbonyl (C=O) groups excluding carboxylic acids is 1. The summed E-state index contributed by atoms with van der Waals surface area (Å²) in [5, 5.41) is 10.5. The van der Waals surface area contributed by atoms with E-state index in [1.54, 1.807) is 42.1 Å². The van der Waals surface area contributed by atoms with Crippen LogP contribution in [0.1, 0.15) is 34.9 Å². The highest BCUT2D eigenvalue weighted by atomic mass is 32.1. The number of hydrogen-bond acceptors (Lipinski definition) is 6. The number of anilines is 1. The Morgan fingerprint density at radius 1 is 1.13 bits per heavy atom. The Morgan fingerprint density at radius 3 is 2.81 bits per heavy atom. The number of piperidine rings is 1. The highest BCUT2D eigenvalue weighted by Gasteiger charge is 2.24. The third kappa shape index (κ3) is 4.28. The molecule has 0 aromatic carbocycles. The molecular formula is C22H23N7OS. The second-order valence-corrected chi connectivity index (χ2v) is 8.42. The lowest BCUT2D eigenvalue weighted by atomic mass is 10.1. The maximum Gasteiger partial charge on any atom is 0.258 e. The molecule has 1 saturated heterocycles. The zero-order valence-electron chi connectivity index (χ0n) is 17.0. The molecule has 0 aliphatic carbocycles. The van der Waals surface area contributed by atoms with Gasteiger partial charge in [-0.3, -0.25) is 19.2 Å². The van der Waals surface area contributed by atoms with E-state index in [4.69, 9.17) is 0 Å². The Labute approximate surface area is 184 Å². The van der Waals surface area contributed by atoms with Crippen LogP contribution in [0.15, 0.2) is 66.7 Å². The van der Waals surface area contributed by atoms with E-state index < -0.39 is 0 Å². The molecule has 0 unspecified atom stereocenters. The predicted octanol–water partition coefficient (Wildman–Crippen LogP) is 3.61. The summed E-state index contributed by atoms with van der Waals surface area (Å²) in [7, 11) is 0. The number of aromatic nitrogens is 5. The van der Waals surface area contributed by atoms with Gasteiger partial charge in [-0.15, -0.1) is 11.3 Å². The van der Waals surface area contributed by atoms with E-state index in [-0.39, 0.29) is 11.9 Å². The van der Waals surface area contributed by atoms with Crippen molar-refractivity contribution in [2.75, 3.05) is 18.4 Å². The van der Waals surface area contributed by atoms with Crippen molar-refractivity contribution in [3.05, 3.63) is 78.0 Å². The summed E-state index contributed by atoms with van der Waals surface area (Å²) in [5.41, 5.74) is 1.78. The van der Waals surface area contributed by atoms with Gasteiger partial charge < -0.3 is 5.32 Å². The van der Waals surface area contributed by atoms with Gasteiger partial charge in [-0.1, -0.05) is 0 Å². The average Bonchev–Trinajstić information content (AvgIpc) is 3.57. The van der Waals surface area contributed by atoms with E-state index >= 15 is 0 Å². The number of carbonyl (C=O) groups is 1. The molecule has 4 aromatic rings. The zero-order valence-corrected chi connectivity index (χ0v) is 17.8. The lowest BCUT2D eigenvalue weighted by molar-refractivity contribution is 0.102. The standard InChI is InChI=1S/C22H23N7OS/c30-21(17-3-1-8-23-15-17)26-20-5-9-25-29(20)18-6-12-27(13-7-18)16-19-4-2-11-28(19)22-24-10-14-31-22/h1-5,8-11,14-15,18H,6-7,12-13,16H2,(H,26,30). The topological polar surface area (TPSA) is 80.9 Å². The molecule has 0 bridgehead atoms. The maximum absolute atomic E-state index is 12.5. The third-order valence-electron chi connectivity index (χ3n) is 5.58. The Bertz CT molecular complexity index is 1130. The van der Waals surface area contributed by atoms with Gasteiger partial charge in [0.2, 0.25) is 0 Å². The van der Waals surface area contributed by atoms with Crippen molar-refractivity contribution in [2.24, 2.45) is 0 Å². The van der Waals surface area contributed by atoms with Gasteiger partial charge in [0.15, 0.2) is 5.13 Å². The number of rotatable bonds is 6. The third-order valence-corrected chi connectivity index (χ3v) is 6.35. The first-order valence-electron chi connectivity index (χ1n) is 10.3. The summed E-state index contributed by atoms with van der Waals surface area (Å²) in [6.45, 7) is 2.84. The molecule has 5 rings (SSSR count). The van der Waals surface area contributed by atoms with Crippen molar-refractivity contribution >= 4 is 23.1 Å². The van der Waals surface area contributed by atoms with Crippen LogP contribution in [0.5, 0.6) is 0 Å². The predicted molar refractivity (Wildman–Crippen MR) is 119 cm³/mol. The van der Waals surface area contributed by atoms with Crippen molar-refractivity contribution < 1.29 is 4.79 Å². The summed E-state index contributed by atoms with van der Waals surface area (Å²) in [6.07, 6.45) is 10.8. The number of nitrogens with zero attached hydrogens (tertiary/aromatic N) is 6. The van der Waals surface area contributed by atoms with E-state index in [1.165, 1.54) is 5.69 Å². The first-order chi connectivity index (χ1) is 15.3. The van der Waals surface area contributed by atoms with Gasteiger partial charge in [-0.05, 0) is 37.1 Å². The SMILES string of the molecule is O=C(Nc1ccnn1C1CCN(Cc2cccn2-c2nccs2)CC1)c1cccnc1. The second-order valence-electron chi connectivity index (χ2n) is 7.55. The Balaban J connectivity index is 1.21. The van der Waals surface area contributed by atoms with Crippen LogP contribution < -0.4 is 5.32 Å². The Hall–Kier alpha value is -3.30. The summed E-state index contributed by atoms with van der Waals surface area (Å²) in [5.74, 6) is 0.556. The van der Waals surface area contributed by atoms with Gasteiger partial charge in [0, 0.05) is 61.6 Å². The minimum atomic E-state index is -0.171. The molecule has 5 heterocycles. The van der Waals surface area contributed by atoms with Crippen molar-refractivity contribution in [2.45, 2.75) is 25.4 Å². The van der Waals surface area contributed by atoms with Gasteiger partial charge >= 0.3 is 0 Å². The molecule has 158 valence electrons. The van der Waals surface area contributed by atoms with E-state index in [2.05, 4.69) is 48.2 Å². The molecule has 0 spiro atoms. The molecule has 1 fully saturated rings. The number of pyridine rings is 1. The van der Waals surface area contributed by atoms with Crippen LogP contribution in [-0.4, -0.2) is 48.2 Å². The summed E-state index contributed by atoms with van der Waals surface area (Å²) in [4.78, 5) is 23.4. The fourth-order valence-corrected chi connectivity index (χ4v) is 4.66. The molecule has 31 heavy (non-hydrogen) atoms. The van der Waals surface area contributed by atoms with Crippen LogP contribution in [0.2, 0.25) is 0 Å². The van der Waals surface area contributed by atoms with E-state index in [0.717, 1.165) is 43.4 Å².